The van der Waals surface area contributed by atoms with Gasteiger partial charge in [0.1, 0.15) is 11.5 Å². The quantitative estimate of drug-likeness (QED) is 0.624. The van der Waals surface area contributed by atoms with Gasteiger partial charge in [0.05, 0.1) is 0 Å². The summed E-state index contributed by atoms with van der Waals surface area (Å²) in [6.45, 7) is 4.22. The van der Waals surface area contributed by atoms with Crippen molar-refractivity contribution in [2.45, 2.75) is 26.7 Å². The Hall–Kier alpha value is -0.180. The molecule has 0 atom stereocenters. The molecule has 0 aromatic rings. The Morgan fingerprint density at radius 1 is 1.27 bits per heavy atom. The minimum absolute atomic E-state index is 0.146. The molecule has 0 radical (unpaired) electrons. The molecule has 66 valence electrons. The molecule has 0 aliphatic heterocycles. The molecule has 0 aromatic heterocycles. The molecule has 0 heterocycles. The minimum atomic E-state index is -0.643. The van der Waals surface area contributed by atoms with Crippen molar-refractivity contribution in [3.05, 3.63) is 0 Å². The van der Waals surface area contributed by atoms with Crippen molar-refractivity contribution in [2.24, 2.45) is 0 Å². The van der Waals surface area contributed by atoms with Crippen molar-refractivity contribution < 1.29 is 9.90 Å². The van der Waals surface area contributed by atoms with Gasteiger partial charge < -0.3 is 5.11 Å². The van der Waals surface area contributed by atoms with Crippen LogP contribution in [0.5, 0.6) is 0 Å². The van der Waals surface area contributed by atoms with Crippen LogP contribution < -0.4 is 0 Å². The predicted octanol–water partition coefficient (Wildman–Crippen LogP) is 1.51. The summed E-state index contributed by atoms with van der Waals surface area (Å²) < 4.78 is 0. The highest BCUT2D eigenvalue weighted by Gasteiger charge is 2.19. The Morgan fingerprint density at radius 3 is 2.00 bits per heavy atom. The van der Waals surface area contributed by atoms with Crippen LogP contribution >= 0.6 is 0 Å². The third-order valence-corrected chi connectivity index (χ3v) is 3.94. The molecule has 0 saturated carbocycles. The molecule has 0 aliphatic rings. The van der Waals surface area contributed by atoms with Crippen LogP contribution in [0, 0.1) is 0 Å². The summed E-state index contributed by atoms with van der Waals surface area (Å²) in [5.41, 5.74) is 0. The highest BCUT2D eigenvalue weighted by atomic mass is 32.2. The van der Waals surface area contributed by atoms with Crippen molar-refractivity contribution >= 4 is 16.9 Å². The minimum Gasteiger partial charge on any atom is -0.478 e. The Kier molecular flexibility index (Phi) is 6.42. The molecule has 0 aromatic carbocycles. The lowest BCUT2D eigenvalue weighted by Crippen LogP contribution is -2.21. The van der Waals surface area contributed by atoms with Crippen molar-refractivity contribution in [3.8, 4) is 0 Å². The van der Waals surface area contributed by atoms with Crippen LogP contribution in [-0.2, 0) is 15.7 Å². The van der Waals surface area contributed by atoms with E-state index in [0.29, 0.717) is 5.75 Å². The molecule has 0 aliphatic carbocycles. The average molecular weight is 177 g/mol. The van der Waals surface area contributed by atoms with E-state index in [1.54, 1.807) is 0 Å². The first-order chi connectivity index (χ1) is 5.20. The third kappa shape index (κ3) is 6.23. The number of aliphatic carboxylic acids is 1. The topological polar surface area (TPSA) is 37.3 Å². The van der Waals surface area contributed by atoms with Crippen LogP contribution in [-0.4, -0.2) is 28.3 Å². The van der Waals surface area contributed by atoms with Crippen LogP contribution in [0.2, 0.25) is 0 Å². The molecule has 0 fully saturated rings. The van der Waals surface area contributed by atoms with E-state index in [0.717, 1.165) is 24.3 Å². The standard InChI is InChI=1S/C8H16O2S/c1-3-5-11(6-4-2)7-8(9)10/h3-7H2,1-2H3/p+1. The van der Waals surface area contributed by atoms with Crippen molar-refractivity contribution in [3.63, 3.8) is 0 Å². The molecule has 0 rings (SSSR count). The summed E-state index contributed by atoms with van der Waals surface area (Å²) in [6, 6.07) is 0. The predicted molar refractivity (Wildman–Crippen MR) is 50.2 cm³/mol. The largest absolute Gasteiger partial charge is 0.478 e. The Labute approximate surface area is 71.3 Å². The van der Waals surface area contributed by atoms with Gasteiger partial charge in [0.25, 0.3) is 0 Å². The average Bonchev–Trinajstić information content (AvgIpc) is 1.87. The fourth-order valence-corrected chi connectivity index (χ4v) is 3.00. The van der Waals surface area contributed by atoms with Crippen LogP contribution in [0.15, 0.2) is 0 Å². The summed E-state index contributed by atoms with van der Waals surface area (Å²) in [5.74, 6) is 1.90. The summed E-state index contributed by atoms with van der Waals surface area (Å²) in [6.07, 6.45) is 2.22. The second kappa shape index (κ2) is 6.53. The number of hydrogen-bond donors (Lipinski definition) is 1. The molecular formula is C8H17O2S+. The highest BCUT2D eigenvalue weighted by molar-refractivity contribution is 7.97. The van der Waals surface area contributed by atoms with E-state index >= 15 is 0 Å². The van der Waals surface area contributed by atoms with Crippen molar-refractivity contribution in [2.75, 3.05) is 17.3 Å². The van der Waals surface area contributed by atoms with Gasteiger partial charge in [-0.25, -0.2) is 4.79 Å². The Morgan fingerprint density at radius 2 is 1.73 bits per heavy atom. The van der Waals surface area contributed by atoms with Crippen LogP contribution in [0.4, 0.5) is 0 Å². The fourth-order valence-electron chi connectivity index (χ4n) is 0.998. The van der Waals surface area contributed by atoms with Gasteiger partial charge in [-0.05, 0) is 23.7 Å². The maximum atomic E-state index is 10.4. The second-order valence-corrected chi connectivity index (χ2v) is 4.89. The Balaban J connectivity index is 3.59. The van der Waals surface area contributed by atoms with Crippen molar-refractivity contribution in [1.82, 2.24) is 0 Å². The maximum Gasteiger partial charge on any atom is 0.353 e. The van der Waals surface area contributed by atoms with Crippen molar-refractivity contribution in [1.29, 1.82) is 0 Å². The second-order valence-electron chi connectivity index (χ2n) is 2.56. The smallest absolute Gasteiger partial charge is 0.353 e. The lowest BCUT2D eigenvalue weighted by Gasteiger charge is -2.02. The zero-order valence-electron chi connectivity index (χ0n) is 7.30. The molecule has 0 bridgehead atoms. The number of carboxylic acid groups (broad SMARTS) is 1. The number of rotatable bonds is 6. The lowest BCUT2D eigenvalue weighted by molar-refractivity contribution is -0.133. The normalized spacial score (nSPS) is 10.5. The first-order valence-electron chi connectivity index (χ1n) is 4.06. The van der Waals surface area contributed by atoms with Crippen LogP contribution in [0.3, 0.4) is 0 Å². The molecule has 11 heavy (non-hydrogen) atoms. The lowest BCUT2D eigenvalue weighted by atomic mass is 10.6. The molecule has 0 unspecified atom stereocenters. The molecule has 1 N–H and O–H groups in total. The molecule has 0 saturated heterocycles. The molecule has 3 heteroatoms. The van der Waals surface area contributed by atoms with Gasteiger partial charge in [0.2, 0.25) is 5.75 Å². The van der Waals surface area contributed by atoms with E-state index in [2.05, 4.69) is 13.8 Å². The molecule has 0 amide bonds. The summed E-state index contributed by atoms with van der Waals surface area (Å²) >= 11 is 0. The van der Waals surface area contributed by atoms with E-state index in [4.69, 9.17) is 5.11 Å². The first kappa shape index (κ1) is 10.8. The molecular weight excluding hydrogens is 160 g/mol. The third-order valence-electron chi connectivity index (χ3n) is 1.31. The van der Waals surface area contributed by atoms with Gasteiger partial charge in [-0.15, -0.1) is 0 Å². The van der Waals surface area contributed by atoms with E-state index in [1.165, 1.54) is 0 Å². The summed E-state index contributed by atoms with van der Waals surface area (Å²) in [4.78, 5) is 10.4. The van der Waals surface area contributed by atoms with Gasteiger partial charge in [0, 0.05) is 0 Å². The first-order valence-corrected chi connectivity index (χ1v) is 5.79. The van der Waals surface area contributed by atoms with Gasteiger partial charge in [-0.2, -0.15) is 0 Å². The maximum absolute atomic E-state index is 10.4. The van der Waals surface area contributed by atoms with Gasteiger partial charge in [-0.1, -0.05) is 13.8 Å². The summed E-state index contributed by atoms with van der Waals surface area (Å²) in [7, 11) is 0.146. The number of carbonyl (C=O) groups is 1. The van der Waals surface area contributed by atoms with Gasteiger partial charge in [0.15, 0.2) is 0 Å². The molecule has 2 nitrogen and oxygen atoms in total. The Bertz CT molecular complexity index is 109. The molecule has 0 spiro atoms. The summed E-state index contributed by atoms with van der Waals surface area (Å²) in [5, 5.41) is 8.54. The van der Waals surface area contributed by atoms with E-state index in [1.807, 2.05) is 0 Å². The van der Waals surface area contributed by atoms with E-state index in [9.17, 15) is 4.79 Å². The SMILES string of the molecule is CCC[S+](CCC)CC(=O)O. The van der Waals surface area contributed by atoms with Gasteiger partial charge >= 0.3 is 5.97 Å². The number of hydrogen-bond acceptors (Lipinski definition) is 1. The fraction of sp³-hybridized carbons (Fsp3) is 0.875. The monoisotopic (exact) mass is 177 g/mol. The number of carboxylic acids is 1. The van der Waals surface area contributed by atoms with E-state index in [-0.39, 0.29) is 10.9 Å². The van der Waals surface area contributed by atoms with Crippen LogP contribution in [0.1, 0.15) is 26.7 Å². The zero-order chi connectivity index (χ0) is 8.69. The van der Waals surface area contributed by atoms with Crippen LogP contribution in [0.25, 0.3) is 0 Å². The van der Waals surface area contributed by atoms with Gasteiger partial charge in [-0.3, -0.25) is 0 Å². The van der Waals surface area contributed by atoms with E-state index < -0.39 is 5.97 Å². The highest BCUT2D eigenvalue weighted by Crippen LogP contribution is 2.01. The zero-order valence-corrected chi connectivity index (χ0v) is 8.12.